The number of carbonyl (C=O) groups is 1. The van der Waals surface area contributed by atoms with Gasteiger partial charge < -0.3 is 9.15 Å². The number of ether oxygens (including phenoxy) is 1. The molecular formula is C11H7ClO3. The Morgan fingerprint density at radius 1 is 1.27 bits per heavy atom. The third kappa shape index (κ3) is 2.19. The van der Waals surface area contributed by atoms with Crippen LogP contribution in [0.5, 0.6) is 5.75 Å². The molecule has 0 radical (unpaired) electrons. The van der Waals surface area contributed by atoms with Crippen LogP contribution in [0.2, 0.25) is 5.02 Å². The molecule has 0 spiro atoms. The second kappa shape index (κ2) is 4.19. The van der Waals surface area contributed by atoms with Gasteiger partial charge in [-0.15, -0.1) is 0 Å². The van der Waals surface area contributed by atoms with Crippen molar-refractivity contribution in [2.75, 3.05) is 0 Å². The van der Waals surface area contributed by atoms with Crippen LogP contribution in [0, 0.1) is 0 Å². The fraction of sp³-hybridized carbons (Fsp3) is 0. The first-order valence-electron chi connectivity index (χ1n) is 4.26. The van der Waals surface area contributed by atoms with Crippen molar-refractivity contribution in [3.05, 3.63) is 53.4 Å². The van der Waals surface area contributed by atoms with Crippen molar-refractivity contribution in [2.45, 2.75) is 0 Å². The van der Waals surface area contributed by atoms with Crippen LogP contribution >= 0.6 is 11.6 Å². The van der Waals surface area contributed by atoms with E-state index < -0.39 is 5.97 Å². The second-order valence-electron chi connectivity index (χ2n) is 2.83. The summed E-state index contributed by atoms with van der Waals surface area (Å²) in [7, 11) is 0. The first-order chi connectivity index (χ1) is 7.27. The van der Waals surface area contributed by atoms with Crippen molar-refractivity contribution >= 4 is 17.6 Å². The number of hydrogen-bond acceptors (Lipinski definition) is 3. The molecule has 0 saturated heterocycles. The summed E-state index contributed by atoms with van der Waals surface area (Å²) in [6.07, 6.45) is 2.72. The lowest BCUT2D eigenvalue weighted by Crippen LogP contribution is -2.07. The molecule has 2 rings (SSSR count). The molecule has 1 aromatic carbocycles. The standard InChI is InChI=1S/C11H7ClO3/c12-9-3-1-2-4-10(9)15-11(13)8-5-6-14-7-8/h1-7H. The summed E-state index contributed by atoms with van der Waals surface area (Å²) < 4.78 is 9.83. The molecule has 0 unspecified atom stereocenters. The molecule has 0 saturated carbocycles. The van der Waals surface area contributed by atoms with Crippen LogP contribution < -0.4 is 4.74 Å². The van der Waals surface area contributed by atoms with Gasteiger partial charge in [0, 0.05) is 0 Å². The van der Waals surface area contributed by atoms with E-state index in [0.29, 0.717) is 16.3 Å². The molecule has 15 heavy (non-hydrogen) atoms. The smallest absolute Gasteiger partial charge is 0.346 e. The summed E-state index contributed by atoms with van der Waals surface area (Å²) in [6, 6.07) is 8.31. The lowest BCUT2D eigenvalue weighted by Gasteiger charge is -2.03. The molecule has 0 aliphatic carbocycles. The van der Waals surface area contributed by atoms with E-state index in [1.807, 2.05) is 0 Å². The molecule has 0 bridgehead atoms. The molecule has 3 nitrogen and oxygen atoms in total. The van der Waals surface area contributed by atoms with E-state index in [1.54, 1.807) is 24.3 Å². The zero-order valence-electron chi connectivity index (χ0n) is 7.64. The average molecular weight is 223 g/mol. The van der Waals surface area contributed by atoms with E-state index in [1.165, 1.54) is 18.6 Å². The molecule has 1 aromatic heterocycles. The van der Waals surface area contributed by atoms with E-state index in [9.17, 15) is 4.79 Å². The highest BCUT2D eigenvalue weighted by molar-refractivity contribution is 6.32. The highest BCUT2D eigenvalue weighted by Crippen LogP contribution is 2.24. The summed E-state index contributed by atoms with van der Waals surface area (Å²) in [5.41, 5.74) is 0.356. The number of halogens is 1. The van der Waals surface area contributed by atoms with Crippen molar-refractivity contribution in [1.29, 1.82) is 0 Å². The number of rotatable bonds is 2. The number of hydrogen-bond donors (Lipinski definition) is 0. The van der Waals surface area contributed by atoms with Crippen molar-refractivity contribution in [3.8, 4) is 5.75 Å². The van der Waals surface area contributed by atoms with Crippen LogP contribution in [0.1, 0.15) is 10.4 Å². The maximum Gasteiger partial charge on any atom is 0.346 e. The van der Waals surface area contributed by atoms with Crippen molar-refractivity contribution in [2.24, 2.45) is 0 Å². The Balaban J connectivity index is 2.17. The Kier molecular flexibility index (Phi) is 2.74. The Hall–Kier alpha value is -1.74. The zero-order valence-corrected chi connectivity index (χ0v) is 8.40. The summed E-state index contributed by atoms with van der Waals surface area (Å²) in [5, 5.41) is 0.398. The van der Waals surface area contributed by atoms with Gasteiger partial charge >= 0.3 is 5.97 Å². The van der Waals surface area contributed by atoms with E-state index in [-0.39, 0.29) is 0 Å². The van der Waals surface area contributed by atoms with Gasteiger partial charge in [-0.3, -0.25) is 0 Å². The highest BCUT2D eigenvalue weighted by Gasteiger charge is 2.11. The van der Waals surface area contributed by atoms with Gasteiger partial charge in [-0.05, 0) is 18.2 Å². The van der Waals surface area contributed by atoms with Crippen molar-refractivity contribution in [3.63, 3.8) is 0 Å². The SMILES string of the molecule is O=C(Oc1ccccc1Cl)c1ccoc1. The number of carbonyl (C=O) groups excluding carboxylic acids is 1. The minimum atomic E-state index is -0.489. The van der Waals surface area contributed by atoms with Crippen molar-refractivity contribution in [1.82, 2.24) is 0 Å². The summed E-state index contributed by atoms with van der Waals surface area (Å²) >= 11 is 5.83. The molecule has 0 N–H and O–H groups in total. The molecule has 0 aliphatic rings. The van der Waals surface area contributed by atoms with Gasteiger partial charge in [-0.2, -0.15) is 0 Å². The summed E-state index contributed by atoms with van der Waals surface area (Å²) in [4.78, 5) is 11.5. The minimum Gasteiger partial charge on any atom is -0.472 e. The van der Waals surface area contributed by atoms with Crippen LogP contribution in [0.4, 0.5) is 0 Å². The minimum absolute atomic E-state index is 0.338. The summed E-state index contributed by atoms with van der Waals surface area (Å²) in [6.45, 7) is 0. The number of furan rings is 1. The Morgan fingerprint density at radius 2 is 2.07 bits per heavy atom. The first-order valence-corrected chi connectivity index (χ1v) is 4.64. The number of esters is 1. The Bertz CT molecular complexity index is 462. The van der Waals surface area contributed by atoms with Gasteiger partial charge in [0.2, 0.25) is 0 Å². The maximum absolute atomic E-state index is 11.5. The van der Waals surface area contributed by atoms with Gasteiger partial charge in [0.05, 0.1) is 16.8 Å². The van der Waals surface area contributed by atoms with E-state index in [2.05, 4.69) is 0 Å². The largest absolute Gasteiger partial charge is 0.472 e. The molecule has 0 aliphatic heterocycles. The molecule has 0 atom stereocenters. The van der Waals surface area contributed by atoms with Gasteiger partial charge in [0.15, 0.2) is 0 Å². The average Bonchev–Trinajstić information content (AvgIpc) is 2.74. The first kappa shape index (κ1) is 9.80. The molecule has 2 aromatic rings. The van der Waals surface area contributed by atoms with Gasteiger partial charge in [-0.1, -0.05) is 23.7 Å². The van der Waals surface area contributed by atoms with E-state index in [0.717, 1.165) is 0 Å². The van der Waals surface area contributed by atoms with Crippen LogP contribution in [-0.2, 0) is 0 Å². The quantitative estimate of drug-likeness (QED) is 0.579. The molecular weight excluding hydrogens is 216 g/mol. The Morgan fingerprint density at radius 3 is 2.73 bits per heavy atom. The van der Waals surface area contributed by atoms with Crippen LogP contribution in [0.15, 0.2) is 47.3 Å². The monoisotopic (exact) mass is 222 g/mol. The zero-order chi connectivity index (χ0) is 10.7. The summed E-state index contributed by atoms with van der Waals surface area (Å²) in [5.74, 6) is -0.151. The molecule has 1 heterocycles. The molecule has 0 amide bonds. The normalized spacial score (nSPS) is 9.93. The fourth-order valence-electron chi connectivity index (χ4n) is 1.07. The number of para-hydroxylation sites is 1. The lowest BCUT2D eigenvalue weighted by atomic mass is 10.3. The third-order valence-corrected chi connectivity index (χ3v) is 2.11. The number of benzene rings is 1. The van der Waals surface area contributed by atoms with Crippen LogP contribution in [0.25, 0.3) is 0 Å². The lowest BCUT2D eigenvalue weighted by molar-refractivity contribution is 0.0734. The second-order valence-corrected chi connectivity index (χ2v) is 3.24. The maximum atomic E-state index is 11.5. The van der Waals surface area contributed by atoms with Crippen LogP contribution in [0.3, 0.4) is 0 Å². The molecule has 4 heteroatoms. The molecule has 0 fully saturated rings. The van der Waals surface area contributed by atoms with Gasteiger partial charge in [-0.25, -0.2) is 4.79 Å². The van der Waals surface area contributed by atoms with E-state index in [4.69, 9.17) is 20.8 Å². The predicted molar refractivity (Wildman–Crippen MR) is 55.1 cm³/mol. The van der Waals surface area contributed by atoms with Gasteiger partial charge in [0.25, 0.3) is 0 Å². The van der Waals surface area contributed by atoms with Gasteiger partial charge in [0.1, 0.15) is 12.0 Å². The van der Waals surface area contributed by atoms with E-state index >= 15 is 0 Å². The Labute approximate surface area is 91.2 Å². The van der Waals surface area contributed by atoms with Crippen molar-refractivity contribution < 1.29 is 13.9 Å². The topological polar surface area (TPSA) is 39.4 Å². The predicted octanol–water partition coefficient (Wildman–Crippen LogP) is 3.15. The molecule has 76 valence electrons. The fourth-order valence-corrected chi connectivity index (χ4v) is 1.24. The highest BCUT2D eigenvalue weighted by atomic mass is 35.5. The third-order valence-electron chi connectivity index (χ3n) is 1.80. The van der Waals surface area contributed by atoms with Crippen LogP contribution in [-0.4, -0.2) is 5.97 Å².